The predicted molar refractivity (Wildman–Crippen MR) is 78.8 cm³/mol. The minimum absolute atomic E-state index is 0.111. The van der Waals surface area contributed by atoms with Gasteiger partial charge in [-0.25, -0.2) is 13.6 Å². The van der Waals surface area contributed by atoms with E-state index in [4.69, 9.17) is 4.74 Å². The van der Waals surface area contributed by atoms with E-state index in [1.807, 2.05) is 0 Å². The number of benzene rings is 1. The fraction of sp³-hybridized carbons (Fsp3) is 0.500. The van der Waals surface area contributed by atoms with E-state index in [-0.39, 0.29) is 5.56 Å². The van der Waals surface area contributed by atoms with E-state index in [9.17, 15) is 18.4 Å². The molecule has 0 aliphatic rings. The molecule has 4 nitrogen and oxygen atoms in total. The van der Waals surface area contributed by atoms with Crippen LogP contribution in [0, 0.1) is 11.6 Å². The maximum absolute atomic E-state index is 13.2. The number of carbonyl (C=O) groups is 2. The van der Waals surface area contributed by atoms with Crippen LogP contribution in [0.2, 0.25) is 0 Å². The highest BCUT2D eigenvalue weighted by Crippen LogP contribution is 2.17. The molecule has 1 rings (SSSR count). The van der Waals surface area contributed by atoms with E-state index in [1.54, 1.807) is 27.7 Å². The lowest BCUT2D eigenvalue weighted by molar-refractivity contribution is 0.0214. The summed E-state index contributed by atoms with van der Waals surface area (Å²) in [6.07, 6.45) is -0.364. The van der Waals surface area contributed by atoms with Crippen molar-refractivity contribution in [2.75, 3.05) is 7.05 Å². The SMILES string of the molecule is CCC(C(=O)c1cc(F)cc(F)c1)N(C)C(=O)OC(C)(C)C. The molecule has 0 bridgehead atoms. The van der Waals surface area contributed by atoms with Gasteiger partial charge in [-0.05, 0) is 39.3 Å². The van der Waals surface area contributed by atoms with E-state index in [0.717, 1.165) is 17.0 Å². The second-order valence-corrected chi connectivity index (χ2v) is 6.04. The molecule has 0 N–H and O–H groups in total. The summed E-state index contributed by atoms with van der Waals surface area (Å²) < 4.78 is 31.7. The Balaban J connectivity index is 2.99. The fourth-order valence-corrected chi connectivity index (χ4v) is 1.98. The highest BCUT2D eigenvalue weighted by Gasteiger charge is 2.30. The molecule has 0 radical (unpaired) electrons. The molecule has 1 aromatic carbocycles. The van der Waals surface area contributed by atoms with Crippen molar-refractivity contribution < 1.29 is 23.1 Å². The molecule has 0 spiro atoms. The quantitative estimate of drug-likeness (QED) is 0.794. The zero-order valence-electron chi connectivity index (χ0n) is 13.4. The number of ketones is 1. The fourth-order valence-electron chi connectivity index (χ4n) is 1.98. The molecular formula is C16H21F2NO3. The molecule has 0 saturated carbocycles. The normalized spacial score (nSPS) is 12.7. The smallest absolute Gasteiger partial charge is 0.410 e. The zero-order chi connectivity index (χ0) is 17.1. The first kappa shape index (κ1) is 18.1. The van der Waals surface area contributed by atoms with Crippen LogP contribution in [0.15, 0.2) is 18.2 Å². The van der Waals surface area contributed by atoms with Crippen molar-refractivity contribution in [2.45, 2.75) is 45.8 Å². The second-order valence-electron chi connectivity index (χ2n) is 6.04. The van der Waals surface area contributed by atoms with Gasteiger partial charge in [0.15, 0.2) is 5.78 Å². The number of amides is 1. The number of rotatable bonds is 4. The Bertz CT molecular complexity index is 547. The number of hydrogen-bond acceptors (Lipinski definition) is 3. The van der Waals surface area contributed by atoms with Crippen molar-refractivity contribution in [1.29, 1.82) is 0 Å². The lowest BCUT2D eigenvalue weighted by Gasteiger charge is -2.29. The first-order valence-corrected chi connectivity index (χ1v) is 7.01. The van der Waals surface area contributed by atoms with Gasteiger partial charge in [-0.1, -0.05) is 6.92 Å². The molecule has 0 heterocycles. The Kier molecular flexibility index (Phi) is 5.63. The number of Topliss-reactive ketones (excluding diaryl/α,β-unsaturated/α-hetero) is 1. The van der Waals surface area contributed by atoms with Gasteiger partial charge in [0.1, 0.15) is 17.2 Å². The summed E-state index contributed by atoms with van der Waals surface area (Å²) in [6.45, 7) is 6.84. The standard InChI is InChI=1S/C16H21F2NO3/c1-6-13(19(5)15(21)22-16(2,3)4)14(20)10-7-11(17)9-12(18)8-10/h7-9,13H,6H2,1-5H3. The molecule has 1 unspecified atom stereocenters. The number of carbonyl (C=O) groups excluding carboxylic acids is 2. The van der Waals surface area contributed by atoms with Crippen LogP contribution in [0.25, 0.3) is 0 Å². The molecule has 1 aromatic rings. The minimum Gasteiger partial charge on any atom is -0.444 e. The Morgan fingerprint density at radius 2 is 1.68 bits per heavy atom. The van der Waals surface area contributed by atoms with Gasteiger partial charge >= 0.3 is 6.09 Å². The van der Waals surface area contributed by atoms with Gasteiger partial charge in [0.05, 0.1) is 6.04 Å². The van der Waals surface area contributed by atoms with Crippen molar-refractivity contribution in [1.82, 2.24) is 4.90 Å². The topological polar surface area (TPSA) is 46.6 Å². The molecule has 22 heavy (non-hydrogen) atoms. The lowest BCUT2D eigenvalue weighted by Crippen LogP contribution is -2.44. The van der Waals surface area contributed by atoms with E-state index < -0.39 is 35.2 Å². The Hall–Kier alpha value is -1.98. The molecule has 0 aliphatic heterocycles. The van der Waals surface area contributed by atoms with Crippen LogP contribution in [-0.2, 0) is 4.74 Å². The van der Waals surface area contributed by atoms with Crippen LogP contribution in [0.5, 0.6) is 0 Å². The Morgan fingerprint density at radius 1 is 1.18 bits per heavy atom. The van der Waals surface area contributed by atoms with Gasteiger partial charge in [0.2, 0.25) is 0 Å². The first-order valence-electron chi connectivity index (χ1n) is 7.01. The first-order chi connectivity index (χ1) is 10.0. The number of ether oxygens (including phenoxy) is 1. The third-order valence-corrected chi connectivity index (χ3v) is 2.99. The van der Waals surface area contributed by atoms with Crippen LogP contribution < -0.4 is 0 Å². The summed E-state index contributed by atoms with van der Waals surface area (Å²) in [5.74, 6) is -2.20. The molecule has 0 aliphatic carbocycles. The lowest BCUT2D eigenvalue weighted by atomic mass is 10.0. The summed E-state index contributed by atoms with van der Waals surface area (Å²) in [6, 6.07) is 1.75. The van der Waals surface area contributed by atoms with E-state index in [2.05, 4.69) is 0 Å². The van der Waals surface area contributed by atoms with Gasteiger partial charge < -0.3 is 9.64 Å². The van der Waals surface area contributed by atoms with E-state index in [0.29, 0.717) is 12.5 Å². The largest absolute Gasteiger partial charge is 0.444 e. The third-order valence-electron chi connectivity index (χ3n) is 2.99. The number of hydrogen-bond donors (Lipinski definition) is 0. The predicted octanol–water partition coefficient (Wildman–Crippen LogP) is 3.79. The summed E-state index contributed by atoms with van der Waals surface area (Å²) in [5, 5.41) is 0. The average molecular weight is 313 g/mol. The van der Waals surface area contributed by atoms with Crippen molar-refractivity contribution in [3.05, 3.63) is 35.4 Å². The molecule has 0 fully saturated rings. The molecule has 1 atom stereocenters. The van der Waals surface area contributed by atoms with Gasteiger partial charge in [-0.15, -0.1) is 0 Å². The van der Waals surface area contributed by atoms with E-state index in [1.165, 1.54) is 7.05 Å². The summed E-state index contributed by atoms with van der Waals surface area (Å²) >= 11 is 0. The Labute approximate surface area is 129 Å². The van der Waals surface area contributed by atoms with Crippen LogP contribution in [0.4, 0.5) is 13.6 Å². The van der Waals surface area contributed by atoms with Crippen LogP contribution >= 0.6 is 0 Å². The van der Waals surface area contributed by atoms with Crippen molar-refractivity contribution in [3.63, 3.8) is 0 Å². The van der Waals surface area contributed by atoms with E-state index >= 15 is 0 Å². The second kappa shape index (κ2) is 6.85. The molecule has 6 heteroatoms. The highest BCUT2D eigenvalue weighted by atomic mass is 19.1. The number of halogens is 2. The molecular weight excluding hydrogens is 292 g/mol. The molecule has 0 saturated heterocycles. The maximum Gasteiger partial charge on any atom is 0.410 e. The van der Waals surface area contributed by atoms with Crippen molar-refractivity contribution in [3.8, 4) is 0 Å². The van der Waals surface area contributed by atoms with Gasteiger partial charge in [-0.2, -0.15) is 0 Å². The minimum atomic E-state index is -0.851. The summed E-state index contributed by atoms with van der Waals surface area (Å²) in [4.78, 5) is 25.6. The summed E-state index contributed by atoms with van der Waals surface area (Å²) in [7, 11) is 1.43. The summed E-state index contributed by atoms with van der Waals surface area (Å²) in [5.41, 5.74) is -0.808. The number of nitrogens with zero attached hydrogens (tertiary/aromatic N) is 1. The maximum atomic E-state index is 13.2. The molecule has 1 amide bonds. The molecule has 0 aromatic heterocycles. The van der Waals surface area contributed by atoms with Crippen LogP contribution in [-0.4, -0.2) is 35.5 Å². The van der Waals surface area contributed by atoms with Gasteiger partial charge in [-0.3, -0.25) is 4.79 Å². The Morgan fingerprint density at radius 3 is 2.09 bits per heavy atom. The van der Waals surface area contributed by atoms with Crippen LogP contribution in [0.3, 0.4) is 0 Å². The van der Waals surface area contributed by atoms with Crippen molar-refractivity contribution >= 4 is 11.9 Å². The average Bonchev–Trinajstić information content (AvgIpc) is 2.36. The zero-order valence-corrected chi connectivity index (χ0v) is 13.4. The van der Waals surface area contributed by atoms with Gasteiger partial charge in [0, 0.05) is 18.7 Å². The van der Waals surface area contributed by atoms with Crippen molar-refractivity contribution in [2.24, 2.45) is 0 Å². The molecule has 122 valence electrons. The van der Waals surface area contributed by atoms with Crippen LogP contribution in [0.1, 0.15) is 44.5 Å². The third kappa shape index (κ3) is 4.79. The van der Waals surface area contributed by atoms with Gasteiger partial charge in [0.25, 0.3) is 0 Å². The highest BCUT2D eigenvalue weighted by molar-refractivity contribution is 6.01. The monoisotopic (exact) mass is 313 g/mol. The number of likely N-dealkylation sites (N-methyl/N-ethyl adjacent to an activating group) is 1.